The van der Waals surface area contributed by atoms with Crippen LogP contribution in [0.4, 0.5) is 11.4 Å². The fraction of sp³-hybridized carbons (Fsp3) is 0.333. The van der Waals surface area contributed by atoms with E-state index in [4.69, 9.17) is 0 Å². The number of rotatable bonds is 4. The molecule has 4 nitrogen and oxygen atoms in total. The fourth-order valence-corrected chi connectivity index (χ4v) is 1.32. The fourth-order valence-electron chi connectivity index (χ4n) is 1.32. The van der Waals surface area contributed by atoms with Crippen LogP contribution < -0.4 is 10.6 Å². The first kappa shape index (κ1) is 15.0. The lowest BCUT2D eigenvalue weighted by molar-refractivity contribution is -0.121. The molecule has 0 heterocycles. The van der Waals surface area contributed by atoms with E-state index in [1.807, 2.05) is 32.9 Å². The number of carbonyl (C=O) groups is 2. The molecule has 0 saturated carbocycles. The lowest BCUT2D eigenvalue weighted by atomic mass is 9.91. The second kappa shape index (κ2) is 6.18. The molecular formula is C15H20N2O2. The maximum absolute atomic E-state index is 11.7. The molecule has 0 bridgehead atoms. The Morgan fingerprint density at radius 1 is 1.05 bits per heavy atom. The van der Waals surface area contributed by atoms with Crippen LogP contribution in [0.25, 0.3) is 0 Å². The van der Waals surface area contributed by atoms with Gasteiger partial charge >= 0.3 is 0 Å². The van der Waals surface area contributed by atoms with Crippen LogP contribution in [0.1, 0.15) is 27.7 Å². The van der Waals surface area contributed by atoms with Crippen molar-refractivity contribution in [3.8, 4) is 0 Å². The first-order chi connectivity index (χ1) is 8.79. The minimum Gasteiger partial charge on any atom is -0.362 e. The molecule has 0 aliphatic carbocycles. The van der Waals surface area contributed by atoms with E-state index in [1.165, 1.54) is 13.0 Å². The normalized spacial score (nSPS) is 11.4. The second-order valence-electron chi connectivity index (χ2n) is 5.35. The zero-order valence-electron chi connectivity index (χ0n) is 11.8. The summed E-state index contributed by atoms with van der Waals surface area (Å²) in [5.41, 5.74) is 1.23. The summed E-state index contributed by atoms with van der Waals surface area (Å²) in [6.07, 6.45) is 3.16. The SMILES string of the molecule is CC(=O)Nc1ccc(N/C=C/C(=O)C(C)(C)C)cc1. The van der Waals surface area contributed by atoms with Gasteiger partial charge in [0.25, 0.3) is 0 Å². The number of benzene rings is 1. The third kappa shape index (κ3) is 5.38. The van der Waals surface area contributed by atoms with E-state index in [-0.39, 0.29) is 17.1 Å². The van der Waals surface area contributed by atoms with E-state index in [1.54, 1.807) is 18.3 Å². The molecule has 2 N–H and O–H groups in total. The summed E-state index contributed by atoms with van der Waals surface area (Å²) in [7, 11) is 0. The van der Waals surface area contributed by atoms with Gasteiger partial charge in [-0.05, 0) is 30.3 Å². The molecule has 0 radical (unpaired) electrons. The maximum atomic E-state index is 11.7. The molecule has 0 spiro atoms. The third-order valence-corrected chi connectivity index (χ3v) is 2.43. The number of amides is 1. The highest BCUT2D eigenvalue weighted by atomic mass is 16.1. The molecular weight excluding hydrogens is 240 g/mol. The van der Waals surface area contributed by atoms with Gasteiger partial charge in [-0.15, -0.1) is 0 Å². The Hall–Kier alpha value is -2.10. The third-order valence-electron chi connectivity index (χ3n) is 2.43. The van der Waals surface area contributed by atoms with Crippen LogP contribution in [-0.4, -0.2) is 11.7 Å². The Balaban J connectivity index is 2.57. The predicted molar refractivity (Wildman–Crippen MR) is 78.0 cm³/mol. The lowest BCUT2D eigenvalue weighted by Gasteiger charge is -2.13. The average Bonchev–Trinajstić information content (AvgIpc) is 2.29. The summed E-state index contributed by atoms with van der Waals surface area (Å²) in [5, 5.41) is 5.70. The van der Waals surface area contributed by atoms with Gasteiger partial charge in [0.05, 0.1) is 0 Å². The Kier molecular flexibility index (Phi) is 4.87. The second-order valence-corrected chi connectivity index (χ2v) is 5.35. The number of hydrogen-bond acceptors (Lipinski definition) is 3. The van der Waals surface area contributed by atoms with Crippen LogP contribution >= 0.6 is 0 Å². The van der Waals surface area contributed by atoms with Crippen LogP contribution in [0.15, 0.2) is 36.5 Å². The molecule has 1 amide bonds. The summed E-state index contributed by atoms with van der Waals surface area (Å²) >= 11 is 0. The molecule has 1 aromatic rings. The molecule has 4 heteroatoms. The molecule has 0 aliphatic rings. The molecule has 0 atom stereocenters. The number of nitrogens with one attached hydrogen (secondary N) is 2. The Bertz CT molecular complexity index is 482. The first-order valence-corrected chi connectivity index (χ1v) is 6.14. The van der Waals surface area contributed by atoms with Crippen molar-refractivity contribution in [1.29, 1.82) is 0 Å². The maximum Gasteiger partial charge on any atom is 0.221 e. The molecule has 0 unspecified atom stereocenters. The van der Waals surface area contributed by atoms with Crippen LogP contribution in [0.2, 0.25) is 0 Å². The predicted octanol–water partition coefficient (Wildman–Crippen LogP) is 3.19. The van der Waals surface area contributed by atoms with E-state index in [0.29, 0.717) is 0 Å². The van der Waals surface area contributed by atoms with Crippen LogP contribution in [0, 0.1) is 5.41 Å². The zero-order chi connectivity index (χ0) is 14.5. The van der Waals surface area contributed by atoms with Gasteiger partial charge in [0.2, 0.25) is 5.91 Å². The van der Waals surface area contributed by atoms with E-state index >= 15 is 0 Å². The van der Waals surface area contributed by atoms with E-state index in [9.17, 15) is 9.59 Å². The molecule has 102 valence electrons. The van der Waals surface area contributed by atoms with Crippen molar-refractivity contribution in [2.75, 3.05) is 10.6 Å². The molecule has 1 aromatic carbocycles. The molecule has 0 aliphatic heterocycles. The van der Waals surface area contributed by atoms with Crippen LogP contribution in [0.3, 0.4) is 0 Å². The molecule has 0 aromatic heterocycles. The van der Waals surface area contributed by atoms with E-state index in [2.05, 4.69) is 10.6 Å². The number of allylic oxidation sites excluding steroid dienone is 1. The average molecular weight is 260 g/mol. The first-order valence-electron chi connectivity index (χ1n) is 6.14. The minimum absolute atomic E-state index is 0.0647. The topological polar surface area (TPSA) is 58.2 Å². The summed E-state index contributed by atoms with van der Waals surface area (Å²) in [6, 6.07) is 7.25. The highest BCUT2D eigenvalue weighted by molar-refractivity contribution is 5.94. The zero-order valence-corrected chi connectivity index (χ0v) is 11.8. The number of ketones is 1. The van der Waals surface area contributed by atoms with Crippen LogP contribution in [0.5, 0.6) is 0 Å². The van der Waals surface area contributed by atoms with E-state index < -0.39 is 0 Å². The van der Waals surface area contributed by atoms with Crippen molar-refractivity contribution in [3.05, 3.63) is 36.5 Å². The van der Waals surface area contributed by atoms with Gasteiger partial charge in [-0.25, -0.2) is 0 Å². The monoisotopic (exact) mass is 260 g/mol. The van der Waals surface area contributed by atoms with Gasteiger partial charge in [-0.2, -0.15) is 0 Å². The molecule has 0 fully saturated rings. The molecule has 0 saturated heterocycles. The number of carbonyl (C=O) groups excluding carboxylic acids is 2. The summed E-state index contributed by atoms with van der Waals surface area (Å²) < 4.78 is 0. The van der Waals surface area contributed by atoms with Crippen molar-refractivity contribution in [2.24, 2.45) is 5.41 Å². The standard InChI is InChI=1S/C15H20N2O2/c1-11(18)17-13-7-5-12(6-8-13)16-10-9-14(19)15(2,3)4/h5-10,16H,1-4H3,(H,17,18)/b10-9+. The van der Waals surface area contributed by atoms with Crippen molar-refractivity contribution in [3.63, 3.8) is 0 Å². The number of hydrogen-bond donors (Lipinski definition) is 2. The molecule has 19 heavy (non-hydrogen) atoms. The van der Waals surface area contributed by atoms with Gasteiger partial charge < -0.3 is 10.6 Å². The van der Waals surface area contributed by atoms with Gasteiger partial charge in [0.15, 0.2) is 5.78 Å². The van der Waals surface area contributed by atoms with Crippen molar-refractivity contribution < 1.29 is 9.59 Å². The van der Waals surface area contributed by atoms with Gasteiger partial charge in [0, 0.05) is 29.9 Å². The van der Waals surface area contributed by atoms with Gasteiger partial charge in [-0.3, -0.25) is 9.59 Å². The van der Waals surface area contributed by atoms with Crippen molar-refractivity contribution >= 4 is 23.1 Å². The Labute approximate surface area is 113 Å². The van der Waals surface area contributed by atoms with Crippen LogP contribution in [-0.2, 0) is 9.59 Å². The summed E-state index contributed by atoms with van der Waals surface area (Å²) in [5.74, 6) is -0.0359. The Morgan fingerprint density at radius 3 is 2.05 bits per heavy atom. The van der Waals surface area contributed by atoms with Crippen molar-refractivity contribution in [2.45, 2.75) is 27.7 Å². The van der Waals surface area contributed by atoms with Crippen molar-refractivity contribution in [1.82, 2.24) is 0 Å². The Morgan fingerprint density at radius 2 is 1.58 bits per heavy atom. The minimum atomic E-state index is -0.368. The summed E-state index contributed by atoms with van der Waals surface area (Å²) in [6.45, 7) is 7.10. The summed E-state index contributed by atoms with van der Waals surface area (Å²) in [4.78, 5) is 22.5. The van der Waals surface area contributed by atoms with Gasteiger partial charge in [0.1, 0.15) is 0 Å². The number of anilines is 2. The highest BCUT2D eigenvalue weighted by Gasteiger charge is 2.17. The van der Waals surface area contributed by atoms with Gasteiger partial charge in [-0.1, -0.05) is 20.8 Å². The quantitative estimate of drug-likeness (QED) is 0.817. The lowest BCUT2D eigenvalue weighted by Crippen LogP contribution is -2.17. The molecule has 1 rings (SSSR count). The highest BCUT2D eigenvalue weighted by Crippen LogP contribution is 2.16. The smallest absolute Gasteiger partial charge is 0.221 e. The van der Waals surface area contributed by atoms with E-state index in [0.717, 1.165) is 11.4 Å². The largest absolute Gasteiger partial charge is 0.362 e.